The van der Waals surface area contributed by atoms with Crippen molar-refractivity contribution in [3.63, 3.8) is 0 Å². The molecule has 0 heterocycles. The predicted octanol–water partition coefficient (Wildman–Crippen LogP) is 9.44. The maximum absolute atomic E-state index is 2.75. The summed E-state index contributed by atoms with van der Waals surface area (Å²) in [6.45, 7) is 15.3. The van der Waals surface area contributed by atoms with E-state index in [1.165, 1.54) is 83.5 Å². The Bertz CT molecular complexity index is 614. The quantitative estimate of drug-likeness (QED) is 0.365. The van der Waals surface area contributed by atoms with Crippen LogP contribution in [0.2, 0.25) is 0 Å². The number of fused-ring (bicyclic) bond motifs is 5. The summed E-state index contributed by atoms with van der Waals surface area (Å²) < 4.78 is 0. The van der Waals surface area contributed by atoms with Gasteiger partial charge in [-0.3, -0.25) is 0 Å². The Morgan fingerprint density at radius 1 is 0.933 bits per heavy atom. The molecular weight excluding hydrogens is 360 g/mol. The van der Waals surface area contributed by atoms with E-state index in [1.54, 1.807) is 0 Å². The van der Waals surface area contributed by atoms with E-state index >= 15 is 0 Å². The van der Waals surface area contributed by atoms with E-state index in [0.717, 1.165) is 41.4 Å². The van der Waals surface area contributed by atoms with E-state index in [2.05, 4.69) is 47.6 Å². The molecule has 0 aromatic rings. The summed E-state index contributed by atoms with van der Waals surface area (Å²) in [5.41, 5.74) is 3.07. The first kappa shape index (κ1) is 22.9. The minimum atomic E-state index is 0.566. The first-order chi connectivity index (χ1) is 14.3. The second-order valence-electron chi connectivity index (χ2n) is 13.0. The van der Waals surface area contributed by atoms with Gasteiger partial charge >= 0.3 is 0 Å². The van der Waals surface area contributed by atoms with Gasteiger partial charge in [0, 0.05) is 0 Å². The van der Waals surface area contributed by atoms with E-state index in [1.807, 2.05) is 5.57 Å². The topological polar surface area (TPSA) is 0 Å². The van der Waals surface area contributed by atoms with Crippen molar-refractivity contribution >= 4 is 0 Å². The van der Waals surface area contributed by atoms with E-state index in [0.29, 0.717) is 10.8 Å². The molecule has 4 aliphatic carbocycles. The van der Waals surface area contributed by atoms with Crippen LogP contribution in [0.4, 0.5) is 0 Å². The molecule has 0 aliphatic heterocycles. The lowest BCUT2D eigenvalue weighted by Gasteiger charge is -2.58. The lowest BCUT2D eigenvalue weighted by atomic mass is 9.47. The van der Waals surface area contributed by atoms with Crippen LogP contribution in [0.25, 0.3) is 0 Å². The number of allylic oxidation sites excluding steroid dienone is 2. The van der Waals surface area contributed by atoms with Gasteiger partial charge in [-0.05, 0) is 110 Å². The third kappa shape index (κ3) is 3.85. The maximum atomic E-state index is 2.75. The van der Waals surface area contributed by atoms with Gasteiger partial charge < -0.3 is 0 Å². The highest BCUT2D eigenvalue weighted by Crippen LogP contribution is 2.67. The molecule has 4 aliphatic rings. The fraction of sp³-hybridized carbons (Fsp3) is 0.933. The molecule has 0 bridgehead atoms. The van der Waals surface area contributed by atoms with E-state index < -0.39 is 0 Å². The molecule has 30 heavy (non-hydrogen) atoms. The van der Waals surface area contributed by atoms with Gasteiger partial charge in [-0.1, -0.05) is 78.9 Å². The second-order valence-corrected chi connectivity index (χ2v) is 13.0. The van der Waals surface area contributed by atoms with Gasteiger partial charge in [0.25, 0.3) is 0 Å². The molecule has 172 valence electrons. The van der Waals surface area contributed by atoms with E-state index in [9.17, 15) is 0 Å². The molecule has 4 rings (SSSR count). The van der Waals surface area contributed by atoms with Crippen LogP contribution in [0, 0.1) is 52.3 Å². The molecule has 3 fully saturated rings. The molecule has 3 saturated carbocycles. The predicted molar refractivity (Wildman–Crippen MR) is 131 cm³/mol. The Hall–Kier alpha value is -0.260. The van der Waals surface area contributed by atoms with E-state index in [4.69, 9.17) is 0 Å². The zero-order valence-corrected chi connectivity index (χ0v) is 21.3. The van der Waals surface area contributed by atoms with Crippen molar-refractivity contribution in [1.82, 2.24) is 0 Å². The Balaban J connectivity index is 1.45. The largest absolute Gasteiger partial charge is 0.0845 e. The second kappa shape index (κ2) is 8.94. The summed E-state index contributed by atoms with van der Waals surface area (Å²) in [4.78, 5) is 0. The molecule has 0 radical (unpaired) electrons. The average molecular weight is 413 g/mol. The lowest BCUT2D eigenvalue weighted by Crippen LogP contribution is -2.50. The van der Waals surface area contributed by atoms with E-state index in [-0.39, 0.29) is 0 Å². The standard InChI is InChI=1S/C30H52/c1-7-10-23(21(2)3)13-12-22(4)26-16-17-27-25-15-14-24-11-8-9-19-29(24,5)28(25)18-20-30(26,27)6/h14,21-23,25-28H,7-13,15-20H2,1-6H3. The van der Waals surface area contributed by atoms with Crippen LogP contribution >= 0.6 is 0 Å². The molecule has 8 atom stereocenters. The highest BCUT2D eigenvalue weighted by atomic mass is 14.6. The zero-order chi connectivity index (χ0) is 21.5. The molecule has 8 unspecified atom stereocenters. The fourth-order valence-electron chi connectivity index (χ4n) is 9.53. The Kier molecular flexibility index (Phi) is 6.83. The van der Waals surface area contributed by atoms with Crippen LogP contribution < -0.4 is 0 Å². The molecule has 0 nitrogen and oxygen atoms in total. The SMILES string of the molecule is CCCC(CCC(C)C1CCC2C3CC=C4CCCCC4(C)C3CCC12C)C(C)C. The third-order valence-corrected chi connectivity index (χ3v) is 11.4. The summed E-state index contributed by atoms with van der Waals surface area (Å²) in [5, 5.41) is 0. The first-order valence-corrected chi connectivity index (χ1v) is 14.0. The van der Waals surface area contributed by atoms with Crippen molar-refractivity contribution in [3.05, 3.63) is 11.6 Å². The smallest absolute Gasteiger partial charge is 0.00853 e. The van der Waals surface area contributed by atoms with Crippen LogP contribution in [-0.4, -0.2) is 0 Å². The Morgan fingerprint density at radius 2 is 1.73 bits per heavy atom. The first-order valence-electron chi connectivity index (χ1n) is 14.0. The number of hydrogen-bond acceptors (Lipinski definition) is 0. The number of rotatable bonds is 7. The summed E-state index contributed by atoms with van der Waals surface area (Å²) in [7, 11) is 0. The molecular formula is C30H52. The fourth-order valence-corrected chi connectivity index (χ4v) is 9.53. The van der Waals surface area contributed by atoms with Gasteiger partial charge in [0.1, 0.15) is 0 Å². The van der Waals surface area contributed by atoms with Crippen molar-refractivity contribution in [2.75, 3.05) is 0 Å². The lowest BCUT2D eigenvalue weighted by molar-refractivity contribution is -0.0503. The van der Waals surface area contributed by atoms with Gasteiger partial charge in [-0.25, -0.2) is 0 Å². The molecule has 0 saturated heterocycles. The molecule has 0 aromatic carbocycles. The highest BCUT2D eigenvalue weighted by molar-refractivity contribution is 5.24. The summed E-state index contributed by atoms with van der Waals surface area (Å²) >= 11 is 0. The summed E-state index contributed by atoms with van der Waals surface area (Å²) in [6.07, 6.45) is 21.9. The molecule has 0 aromatic heterocycles. The highest BCUT2D eigenvalue weighted by Gasteiger charge is 2.58. The van der Waals surface area contributed by atoms with Gasteiger partial charge in [0.2, 0.25) is 0 Å². The van der Waals surface area contributed by atoms with Gasteiger partial charge in [-0.15, -0.1) is 0 Å². The minimum absolute atomic E-state index is 0.566. The van der Waals surface area contributed by atoms with Crippen molar-refractivity contribution in [3.8, 4) is 0 Å². The molecule has 0 N–H and O–H groups in total. The number of hydrogen-bond donors (Lipinski definition) is 0. The monoisotopic (exact) mass is 412 g/mol. The van der Waals surface area contributed by atoms with Crippen molar-refractivity contribution in [2.24, 2.45) is 52.3 Å². The van der Waals surface area contributed by atoms with Crippen molar-refractivity contribution < 1.29 is 0 Å². The molecule has 0 heteroatoms. The van der Waals surface area contributed by atoms with Gasteiger partial charge in [-0.2, -0.15) is 0 Å². The van der Waals surface area contributed by atoms with Crippen molar-refractivity contribution in [1.29, 1.82) is 0 Å². The normalized spacial score (nSPS) is 42.8. The maximum Gasteiger partial charge on any atom is -0.00853 e. The third-order valence-electron chi connectivity index (χ3n) is 11.4. The molecule has 0 amide bonds. The summed E-state index contributed by atoms with van der Waals surface area (Å²) in [5.74, 6) is 6.73. The van der Waals surface area contributed by atoms with Crippen molar-refractivity contribution in [2.45, 2.75) is 125 Å². The van der Waals surface area contributed by atoms with Gasteiger partial charge in [0.05, 0.1) is 0 Å². The van der Waals surface area contributed by atoms with Crippen LogP contribution in [0.15, 0.2) is 11.6 Å². The Labute approximate surface area is 189 Å². The summed E-state index contributed by atoms with van der Waals surface area (Å²) in [6, 6.07) is 0. The zero-order valence-electron chi connectivity index (χ0n) is 21.3. The van der Waals surface area contributed by atoms with Crippen LogP contribution in [-0.2, 0) is 0 Å². The van der Waals surface area contributed by atoms with Crippen LogP contribution in [0.5, 0.6) is 0 Å². The minimum Gasteiger partial charge on any atom is -0.0845 e. The molecule has 0 spiro atoms. The van der Waals surface area contributed by atoms with Gasteiger partial charge in [0.15, 0.2) is 0 Å². The van der Waals surface area contributed by atoms with Crippen LogP contribution in [0.1, 0.15) is 125 Å². The van der Waals surface area contributed by atoms with Crippen LogP contribution in [0.3, 0.4) is 0 Å². The average Bonchev–Trinajstić information content (AvgIpc) is 3.07. The Morgan fingerprint density at radius 3 is 2.47 bits per heavy atom.